The van der Waals surface area contributed by atoms with Crippen molar-refractivity contribution in [3.8, 4) is 6.07 Å². The molecule has 1 aromatic carbocycles. The number of ether oxygens (including phenoxy) is 1. The third-order valence-corrected chi connectivity index (χ3v) is 6.42. The van der Waals surface area contributed by atoms with Crippen molar-refractivity contribution >= 4 is 23.6 Å². The number of amides is 2. The van der Waals surface area contributed by atoms with Crippen molar-refractivity contribution in [3.63, 3.8) is 0 Å². The SMILES string of the molecule is CC(=O)N1CCC(C2CCN(c3c(C#N)ccc(COC(=O)NC(=N)N)c3F)CC2)CC1. The van der Waals surface area contributed by atoms with E-state index in [0.29, 0.717) is 24.9 Å². The van der Waals surface area contributed by atoms with Crippen LogP contribution in [-0.4, -0.2) is 49.0 Å². The van der Waals surface area contributed by atoms with Gasteiger partial charge in [0.2, 0.25) is 5.91 Å². The Hall–Kier alpha value is -3.35. The van der Waals surface area contributed by atoms with Crippen LogP contribution in [0.1, 0.15) is 43.7 Å². The maximum absolute atomic E-state index is 15.3. The molecule has 2 heterocycles. The van der Waals surface area contributed by atoms with Crippen molar-refractivity contribution in [2.24, 2.45) is 17.6 Å². The Morgan fingerprint density at radius 3 is 2.34 bits per heavy atom. The molecule has 2 saturated heterocycles. The number of hydrogen-bond donors (Lipinski definition) is 3. The molecule has 4 N–H and O–H groups in total. The van der Waals surface area contributed by atoms with Crippen molar-refractivity contribution in [1.82, 2.24) is 10.2 Å². The number of piperidine rings is 2. The summed E-state index contributed by atoms with van der Waals surface area (Å²) in [4.78, 5) is 26.9. The van der Waals surface area contributed by atoms with Gasteiger partial charge in [-0.15, -0.1) is 0 Å². The van der Waals surface area contributed by atoms with Crippen molar-refractivity contribution < 1.29 is 18.7 Å². The first-order valence-electron chi connectivity index (χ1n) is 10.8. The van der Waals surface area contributed by atoms with Crippen molar-refractivity contribution in [2.45, 2.75) is 39.2 Å². The summed E-state index contributed by atoms with van der Waals surface area (Å²) in [5.41, 5.74) is 5.71. The Balaban J connectivity index is 1.64. The number of hydrogen-bond acceptors (Lipinski definition) is 6. The molecule has 2 aliphatic rings. The molecule has 9 nitrogen and oxygen atoms in total. The second kappa shape index (κ2) is 10.3. The van der Waals surface area contributed by atoms with E-state index in [1.165, 1.54) is 12.1 Å². The molecule has 0 radical (unpaired) electrons. The number of likely N-dealkylation sites (tertiary alicyclic amines) is 1. The largest absolute Gasteiger partial charge is 0.444 e. The molecule has 1 aromatic rings. The molecular formula is C22H29FN6O3. The molecule has 2 aliphatic heterocycles. The van der Waals surface area contributed by atoms with Crippen LogP contribution >= 0.6 is 0 Å². The lowest BCUT2D eigenvalue weighted by Gasteiger charge is -2.41. The summed E-state index contributed by atoms with van der Waals surface area (Å²) in [5.74, 6) is 0.0717. The summed E-state index contributed by atoms with van der Waals surface area (Å²) in [6, 6.07) is 5.01. The molecule has 172 valence electrons. The predicted molar refractivity (Wildman–Crippen MR) is 116 cm³/mol. The van der Waals surface area contributed by atoms with Crippen LogP contribution in [0.4, 0.5) is 14.9 Å². The van der Waals surface area contributed by atoms with Crippen molar-refractivity contribution in [3.05, 3.63) is 29.1 Å². The number of rotatable bonds is 4. The summed E-state index contributed by atoms with van der Waals surface area (Å²) in [5, 5.41) is 18.5. The summed E-state index contributed by atoms with van der Waals surface area (Å²) in [6.07, 6.45) is 2.85. The van der Waals surface area contributed by atoms with E-state index < -0.39 is 17.9 Å². The molecule has 0 saturated carbocycles. The van der Waals surface area contributed by atoms with Gasteiger partial charge in [0.25, 0.3) is 0 Å². The monoisotopic (exact) mass is 444 g/mol. The van der Waals surface area contributed by atoms with Crippen LogP contribution in [-0.2, 0) is 16.1 Å². The number of alkyl carbamates (subject to hydrolysis) is 1. The van der Waals surface area contributed by atoms with Gasteiger partial charge in [-0.2, -0.15) is 5.26 Å². The lowest BCUT2D eigenvalue weighted by Crippen LogP contribution is -2.42. The molecule has 0 aromatic heterocycles. The number of nitrogens with zero attached hydrogens (tertiary/aromatic N) is 3. The smallest absolute Gasteiger partial charge is 0.414 e. The molecular weight excluding hydrogens is 415 g/mol. The standard InChI is InChI=1S/C22H29FN6O3/c1-14(30)28-8-4-15(5-9-28)16-6-10-29(11-7-16)20-17(12-24)2-3-18(19(20)23)13-32-22(31)27-21(25)26/h2-3,15-16H,4-11,13H2,1H3,(H4,25,26,27,31). The number of nitrogens with one attached hydrogen (secondary N) is 2. The average molecular weight is 445 g/mol. The highest BCUT2D eigenvalue weighted by Crippen LogP contribution is 2.36. The van der Waals surface area contributed by atoms with Gasteiger partial charge in [0.05, 0.1) is 11.3 Å². The van der Waals surface area contributed by atoms with E-state index in [2.05, 4.69) is 6.07 Å². The van der Waals surface area contributed by atoms with Crippen molar-refractivity contribution in [2.75, 3.05) is 31.1 Å². The molecule has 3 rings (SSSR count). The van der Waals surface area contributed by atoms with Crippen LogP contribution < -0.4 is 16.0 Å². The molecule has 0 bridgehead atoms. The Bertz CT molecular complexity index is 915. The zero-order valence-electron chi connectivity index (χ0n) is 18.2. The highest BCUT2D eigenvalue weighted by Gasteiger charge is 2.31. The maximum atomic E-state index is 15.3. The van der Waals surface area contributed by atoms with Gasteiger partial charge < -0.3 is 20.3 Å². The van der Waals surface area contributed by atoms with Gasteiger partial charge in [0.1, 0.15) is 12.7 Å². The fourth-order valence-corrected chi connectivity index (χ4v) is 4.69. The molecule has 10 heteroatoms. The quantitative estimate of drug-likeness (QED) is 0.482. The van der Waals surface area contributed by atoms with Crippen LogP contribution in [0, 0.1) is 34.4 Å². The Morgan fingerprint density at radius 1 is 1.22 bits per heavy atom. The van der Waals surface area contributed by atoms with E-state index in [-0.39, 0.29) is 29.3 Å². The normalized spacial score (nSPS) is 17.5. The van der Waals surface area contributed by atoms with E-state index in [9.17, 15) is 14.9 Å². The average Bonchev–Trinajstić information content (AvgIpc) is 2.77. The summed E-state index contributed by atoms with van der Waals surface area (Å²) in [7, 11) is 0. The van der Waals surface area contributed by atoms with Crippen LogP contribution in [0.5, 0.6) is 0 Å². The number of nitriles is 1. The topological polar surface area (TPSA) is 136 Å². The molecule has 0 aliphatic carbocycles. The summed E-state index contributed by atoms with van der Waals surface area (Å²) in [6.45, 7) is 4.14. The van der Waals surface area contributed by atoms with E-state index in [4.69, 9.17) is 15.9 Å². The third kappa shape index (κ3) is 5.46. The van der Waals surface area contributed by atoms with Gasteiger partial charge >= 0.3 is 6.09 Å². The summed E-state index contributed by atoms with van der Waals surface area (Å²) >= 11 is 0. The van der Waals surface area contributed by atoms with E-state index in [0.717, 1.165) is 38.8 Å². The van der Waals surface area contributed by atoms with Crippen LogP contribution in [0.3, 0.4) is 0 Å². The number of carbonyl (C=O) groups is 2. The minimum Gasteiger partial charge on any atom is -0.444 e. The second-order valence-corrected chi connectivity index (χ2v) is 8.33. The molecule has 32 heavy (non-hydrogen) atoms. The molecule has 2 fully saturated rings. The first kappa shape index (κ1) is 23.3. The second-order valence-electron chi connectivity index (χ2n) is 8.33. The minimum atomic E-state index is -0.945. The van der Waals surface area contributed by atoms with Gasteiger partial charge in [-0.25, -0.2) is 9.18 Å². The van der Waals surface area contributed by atoms with Crippen molar-refractivity contribution in [1.29, 1.82) is 10.7 Å². The van der Waals surface area contributed by atoms with Gasteiger partial charge in [-0.1, -0.05) is 6.07 Å². The van der Waals surface area contributed by atoms with E-state index in [1.54, 1.807) is 6.92 Å². The van der Waals surface area contributed by atoms with Gasteiger partial charge in [-0.3, -0.25) is 15.5 Å². The van der Waals surface area contributed by atoms with E-state index >= 15 is 4.39 Å². The Labute approximate surface area is 186 Å². The molecule has 0 atom stereocenters. The van der Waals surface area contributed by atoms with Crippen LogP contribution in [0.25, 0.3) is 0 Å². The summed E-state index contributed by atoms with van der Waals surface area (Å²) < 4.78 is 20.2. The zero-order chi connectivity index (χ0) is 23.3. The number of guanidine groups is 1. The zero-order valence-corrected chi connectivity index (χ0v) is 18.2. The van der Waals surface area contributed by atoms with Gasteiger partial charge in [0, 0.05) is 38.7 Å². The maximum Gasteiger partial charge on any atom is 0.414 e. The molecule has 0 spiro atoms. The lowest BCUT2D eigenvalue weighted by atomic mass is 9.78. The number of halogens is 1. The fourth-order valence-electron chi connectivity index (χ4n) is 4.69. The van der Waals surface area contributed by atoms with Crippen LogP contribution in [0.15, 0.2) is 12.1 Å². The number of benzene rings is 1. The number of nitrogens with two attached hydrogens (primary N) is 1. The molecule has 2 amide bonds. The number of anilines is 1. The predicted octanol–water partition coefficient (Wildman–Crippen LogP) is 2.29. The fraction of sp³-hybridized carbons (Fsp3) is 0.545. The Morgan fingerprint density at radius 2 is 1.81 bits per heavy atom. The lowest BCUT2D eigenvalue weighted by molar-refractivity contribution is -0.130. The van der Waals surface area contributed by atoms with Crippen LogP contribution in [0.2, 0.25) is 0 Å². The van der Waals surface area contributed by atoms with Gasteiger partial charge in [0.15, 0.2) is 11.8 Å². The first-order chi connectivity index (χ1) is 15.3. The minimum absolute atomic E-state index is 0.125. The third-order valence-electron chi connectivity index (χ3n) is 6.42. The highest BCUT2D eigenvalue weighted by atomic mass is 19.1. The molecule has 0 unspecified atom stereocenters. The number of carbonyl (C=O) groups excluding carboxylic acids is 2. The Kier molecular flexibility index (Phi) is 7.51. The van der Waals surface area contributed by atoms with E-state index in [1.807, 2.05) is 15.1 Å². The first-order valence-corrected chi connectivity index (χ1v) is 10.8. The van der Waals surface area contributed by atoms with Gasteiger partial charge in [-0.05, 0) is 43.6 Å². The highest BCUT2D eigenvalue weighted by molar-refractivity contribution is 5.90.